The lowest BCUT2D eigenvalue weighted by atomic mass is 10.1. The van der Waals surface area contributed by atoms with Gasteiger partial charge in [-0.25, -0.2) is 0 Å². The summed E-state index contributed by atoms with van der Waals surface area (Å²) in [6, 6.07) is 16.0. The zero-order valence-corrected chi connectivity index (χ0v) is 11.9. The fourth-order valence-electron chi connectivity index (χ4n) is 1.75. The highest BCUT2D eigenvalue weighted by Crippen LogP contribution is 2.11. The van der Waals surface area contributed by atoms with E-state index in [0.29, 0.717) is 0 Å². The summed E-state index contributed by atoms with van der Waals surface area (Å²) in [5.74, 6) is -0.245. The summed E-state index contributed by atoms with van der Waals surface area (Å²) >= 11 is 0. The number of aromatic hydroxyl groups is 1. The van der Waals surface area contributed by atoms with Crippen molar-refractivity contribution < 1.29 is 15.0 Å². The van der Waals surface area contributed by atoms with E-state index in [1.165, 1.54) is 12.2 Å². The summed E-state index contributed by atoms with van der Waals surface area (Å²) in [5, 5.41) is 18.9. The molecule has 0 atom stereocenters. The number of rotatable bonds is 5. The van der Waals surface area contributed by atoms with Crippen LogP contribution >= 0.6 is 0 Å². The van der Waals surface area contributed by atoms with E-state index >= 15 is 0 Å². The first kappa shape index (κ1) is 15.3. The van der Waals surface area contributed by atoms with E-state index in [9.17, 15) is 9.90 Å². The van der Waals surface area contributed by atoms with E-state index in [-0.39, 0.29) is 17.3 Å². The second-order valence-corrected chi connectivity index (χ2v) is 4.64. The Labute approximate surface area is 129 Å². The minimum Gasteiger partial charge on any atom is -0.508 e. The molecule has 0 radical (unpaired) electrons. The molecular formula is C19H16O3. The maximum Gasteiger partial charge on any atom is 0.182 e. The van der Waals surface area contributed by atoms with Gasteiger partial charge in [-0.2, -0.15) is 0 Å². The molecule has 3 heteroatoms. The Morgan fingerprint density at radius 1 is 0.818 bits per heavy atom. The quantitative estimate of drug-likeness (QED) is 0.495. The first-order chi connectivity index (χ1) is 10.6. The zero-order valence-electron chi connectivity index (χ0n) is 11.9. The molecular weight excluding hydrogens is 276 g/mol. The van der Waals surface area contributed by atoms with Gasteiger partial charge in [0.2, 0.25) is 0 Å². The van der Waals surface area contributed by atoms with Gasteiger partial charge in [-0.05, 0) is 35.4 Å². The van der Waals surface area contributed by atoms with E-state index in [1.54, 1.807) is 36.4 Å². The van der Waals surface area contributed by atoms with Crippen LogP contribution in [0.5, 0.6) is 5.75 Å². The van der Waals surface area contributed by atoms with Gasteiger partial charge in [0.15, 0.2) is 5.78 Å². The molecule has 2 N–H and O–H groups in total. The first-order valence-electron chi connectivity index (χ1n) is 6.78. The number of aliphatic hydroxyl groups is 1. The predicted molar refractivity (Wildman–Crippen MR) is 88.3 cm³/mol. The van der Waals surface area contributed by atoms with Gasteiger partial charge in [-0.3, -0.25) is 4.79 Å². The van der Waals surface area contributed by atoms with Crippen molar-refractivity contribution in [1.29, 1.82) is 0 Å². The van der Waals surface area contributed by atoms with Crippen LogP contribution < -0.4 is 0 Å². The maximum atomic E-state index is 11.7. The van der Waals surface area contributed by atoms with Crippen LogP contribution in [0, 0.1) is 0 Å². The molecule has 0 fully saturated rings. The van der Waals surface area contributed by atoms with Crippen molar-refractivity contribution in [3.05, 3.63) is 89.7 Å². The minimum atomic E-state index is -0.295. The lowest BCUT2D eigenvalue weighted by molar-refractivity contribution is -0.110. The largest absolute Gasteiger partial charge is 0.508 e. The Morgan fingerprint density at radius 3 is 2.09 bits per heavy atom. The second kappa shape index (κ2) is 7.64. The molecule has 0 saturated carbocycles. The third kappa shape index (κ3) is 5.13. The standard InChI is InChI=1S/C19H16O3/c20-17-10-6-16(7-11-17)9-13-19(22)14-18(21)12-8-15-4-2-1-3-5-15/h1-14,20,22H/b12-8+,13-9+,19-14-. The molecule has 0 aliphatic heterocycles. The van der Waals surface area contributed by atoms with E-state index in [2.05, 4.69) is 0 Å². The molecule has 2 aromatic carbocycles. The molecule has 0 aliphatic rings. The fraction of sp³-hybridized carbons (Fsp3) is 0. The Bertz CT molecular complexity index is 708. The third-order valence-corrected chi connectivity index (χ3v) is 2.87. The molecule has 0 aromatic heterocycles. The normalized spacial score (nSPS) is 12.1. The average Bonchev–Trinajstić information content (AvgIpc) is 2.53. The molecule has 0 spiro atoms. The molecule has 3 nitrogen and oxygen atoms in total. The summed E-state index contributed by atoms with van der Waals surface area (Å²) in [6.45, 7) is 0. The molecule has 110 valence electrons. The smallest absolute Gasteiger partial charge is 0.182 e. The highest BCUT2D eigenvalue weighted by Gasteiger charge is 1.95. The molecule has 22 heavy (non-hydrogen) atoms. The summed E-state index contributed by atoms with van der Waals surface area (Å²) < 4.78 is 0. The van der Waals surface area contributed by atoms with Gasteiger partial charge in [0.1, 0.15) is 11.5 Å². The van der Waals surface area contributed by atoms with Crippen LogP contribution in [0.1, 0.15) is 11.1 Å². The number of benzene rings is 2. The predicted octanol–water partition coefficient (Wildman–Crippen LogP) is 4.13. The van der Waals surface area contributed by atoms with Crippen molar-refractivity contribution in [3.8, 4) is 5.75 Å². The Hall–Kier alpha value is -3.07. The van der Waals surface area contributed by atoms with Crippen molar-refractivity contribution in [2.75, 3.05) is 0 Å². The van der Waals surface area contributed by atoms with Crippen molar-refractivity contribution in [2.24, 2.45) is 0 Å². The van der Waals surface area contributed by atoms with Crippen LogP contribution in [0.25, 0.3) is 12.2 Å². The number of ketones is 1. The van der Waals surface area contributed by atoms with Gasteiger partial charge < -0.3 is 10.2 Å². The number of aliphatic hydroxyl groups excluding tert-OH is 1. The summed E-state index contributed by atoms with van der Waals surface area (Å²) in [7, 11) is 0. The maximum absolute atomic E-state index is 11.7. The third-order valence-electron chi connectivity index (χ3n) is 2.87. The van der Waals surface area contributed by atoms with Crippen molar-refractivity contribution in [3.63, 3.8) is 0 Å². The zero-order chi connectivity index (χ0) is 15.8. The van der Waals surface area contributed by atoms with Crippen LogP contribution in [0.3, 0.4) is 0 Å². The molecule has 0 bridgehead atoms. The van der Waals surface area contributed by atoms with Gasteiger partial charge in [-0.15, -0.1) is 0 Å². The summed E-state index contributed by atoms with van der Waals surface area (Å²) in [6.07, 6.45) is 7.33. The molecule has 0 unspecified atom stereocenters. The molecule has 0 saturated heterocycles. The topological polar surface area (TPSA) is 57.5 Å². The van der Waals surface area contributed by atoms with Crippen molar-refractivity contribution >= 4 is 17.9 Å². The number of carbonyl (C=O) groups is 1. The van der Waals surface area contributed by atoms with Crippen molar-refractivity contribution in [1.82, 2.24) is 0 Å². The van der Waals surface area contributed by atoms with Crippen molar-refractivity contribution in [2.45, 2.75) is 0 Å². The first-order valence-corrected chi connectivity index (χ1v) is 6.78. The number of hydrogen-bond donors (Lipinski definition) is 2. The lowest BCUT2D eigenvalue weighted by Crippen LogP contribution is -1.88. The van der Waals surface area contributed by atoms with E-state index in [4.69, 9.17) is 5.11 Å². The molecule has 0 heterocycles. The van der Waals surface area contributed by atoms with E-state index in [0.717, 1.165) is 17.2 Å². The number of allylic oxidation sites excluding steroid dienone is 3. The summed E-state index contributed by atoms with van der Waals surface area (Å²) in [5.41, 5.74) is 1.73. The molecule has 2 rings (SSSR count). The Morgan fingerprint density at radius 2 is 1.41 bits per heavy atom. The van der Waals surface area contributed by atoms with Gasteiger partial charge in [0, 0.05) is 6.08 Å². The molecule has 2 aromatic rings. The van der Waals surface area contributed by atoms with Crippen LogP contribution in [0.15, 0.2) is 78.6 Å². The molecule has 0 aliphatic carbocycles. The van der Waals surface area contributed by atoms with Gasteiger partial charge in [-0.1, -0.05) is 54.6 Å². The fourth-order valence-corrected chi connectivity index (χ4v) is 1.75. The number of phenols is 1. The Balaban J connectivity index is 1.97. The highest BCUT2D eigenvalue weighted by atomic mass is 16.3. The lowest BCUT2D eigenvalue weighted by Gasteiger charge is -1.94. The number of carbonyl (C=O) groups excluding carboxylic acids is 1. The second-order valence-electron chi connectivity index (χ2n) is 4.64. The molecule has 0 amide bonds. The highest BCUT2D eigenvalue weighted by molar-refractivity contribution is 6.02. The van der Waals surface area contributed by atoms with E-state index < -0.39 is 0 Å². The minimum absolute atomic E-state index is 0.129. The van der Waals surface area contributed by atoms with Crippen LogP contribution in [-0.2, 0) is 4.79 Å². The Kier molecular flexibility index (Phi) is 5.32. The van der Waals surface area contributed by atoms with Crippen LogP contribution in [0.4, 0.5) is 0 Å². The van der Waals surface area contributed by atoms with E-state index in [1.807, 2.05) is 30.3 Å². The number of hydrogen-bond acceptors (Lipinski definition) is 3. The van der Waals surface area contributed by atoms with Gasteiger partial charge in [0.25, 0.3) is 0 Å². The van der Waals surface area contributed by atoms with Crippen LogP contribution in [0.2, 0.25) is 0 Å². The average molecular weight is 292 g/mol. The summed E-state index contributed by atoms with van der Waals surface area (Å²) in [4.78, 5) is 11.7. The number of phenolic OH excluding ortho intramolecular Hbond substituents is 1. The monoisotopic (exact) mass is 292 g/mol. The van der Waals surface area contributed by atoms with Crippen LogP contribution in [-0.4, -0.2) is 16.0 Å². The van der Waals surface area contributed by atoms with Gasteiger partial charge >= 0.3 is 0 Å². The van der Waals surface area contributed by atoms with Gasteiger partial charge in [0.05, 0.1) is 0 Å². The SMILES string of the molecule is O=C(/C=C(O)/C=C/c1ccc(O)cc1)/C=C/c1ccccc1.